The normalized spacial score (nSPS) is 14.7. The topological polar surface area (TPSA) is 80.7 Å². The van der Waals surface area contributed by atoms with Crippen LogP contribution in [0.25, 0.3) is 0 Å². The number of amides is 2. The zero-order valence-corrected chi connectivity index (χ0v) is 21.6. The standard InChI is InChI=1S/C29H30FN3O5/c1-36-17-16-32(29(35)20-12-14-21(37-2)15-13-20)19-28(34)33-26(23-9-5-7-11-27(23)38-3)18-25(31-33)22-8-4-6-10-24(22)30/h4-15,26H,16-19H2,1-3H3/t26-/m0/s1. The number of carbonyl (C=O) groups is 2. The van der Waals surface area contributed by atoms with Gasteiger partial charge in [0.1, 0.15) is 23.9 Å². The Morgan fingerprint density at radius 2 is 1.68 bits per heavy atom. The maximum atomic E-state index is 14.7. The van der Waals surface area contributed by atoms with Crippen LogP contribution in [-0.4, -0.2) is 68.5 Å². The van der Waals surface area contributed by atoms with Gasteiger partial charge in [-0.2, -0.15) is 5.10 Å². The van der Waals surface area contributed by atoms with E-state index in [1.54, 1.807) is 62.8 Å². The molecule has 38 heavy (non-hydrogen) atoms. The van der Waals surface area contributed by atoms with Crippen LogP contribution < -0.4 is 9.47 Å². The summed E-state index contributed by atoms with van der Waals surface area (Å²) < 4.78 is 30.6. The van der Waals surface area contributed by atoms with Crippen molar-refractivity contribution in [2.75, 3.05) is 41.0 Å². The van der Waals surface area contributed by atoms with Gasteiger partial charge in [-0.15, -0.1) is 0 Å². The van der Waals surface area contributed by atoms with Crippen LogP contribution in [-0.2, 0) is 9.53 Å². The Morgan fingerprint density at radius 1 is 0.974 bits per heavy atom. The van der Waals surface area contributed by atoms with Gasteiger partial charge in [0.2, 0.25) is 0 Å². The first kappa shape index (κ1) is 26.8. The van der Waals surface area contributed by atoms with Gasteiger partial charge >= 0.3 is 0 Å². The van der Waals surface area contributed by atoms with Crippen molar-refractivity contribution in [3.8, 4) is 11.5 Å². The lowest BCUT2D eigenvalue weighted by atomic mass is 9.97. The quantitative estimate of drug-likeness (QED) is 0.399. The predicted octanol–water partition coefficient (Wildman–Crippen LogP) is 4.31. The van der Waals surface area contributed by atoms with E-state index < -0.39 is 17.8 Å². The maximum Gasteiger partial charge on any atom is 0.262 e. The smallest absolute Gasteiger partial charge is 0.262 e. The molecule has 0 saturated carbocycles. The lowest BCUT2D eigenvalue weighted by Gasteiger charge is -2.27. The molecule has 0 aromatic heterocycles. The number of rotatable bonds is 10. The highest BCUT2D eigenvalue weighted by Crippen LogP contribution is 2.37. The molecule has 1 atom stereocenters. The predicted molar refractivity (Wildman–Crippen MR) is 141 cm³/mol. The molecule has 1 aliphatic rings. The summed E-state index contributed by atoms with van der Waals surface area (Å²) in [6, 6.07) is 19.8. The van der Waals surface area contributed by atoms with E-state index in [4.69, 9.17) is 14.2 Å². The summed E-state index contributed by atoms with van der Waals surface area (Å²) in [6.45, 7) is 0.201. The third-order valence-electron chi connectivity index (χ3n) is 6.36. The molecule has 198 valence electrons. The average Bonchev–Trinajstić information content (AvgIpc) is 3.40. The highest BCUT2D eigenvalue weighted by molar-refractivity contribution is 6.04. The molecule has 0 N–H and O–H groups in total. The maximum absolute atomic E-state index is 14.7. The molecule has 0 aliphatic carbocycles. The number of benzene rings is 3. The number of ether oxygens (including phenoxy) is 3. The first-order valence-electron chi connectivity index (χ1n) is 12.2. The lowest BCUT2D eigenvalue weighted by Crippen LogP contribution is -2.42. The lowest BCUT2D eigenvalue weighted by molar-refractivity contribution is -0.133. The van der Waals surface area contributed by atoms with E-state index in [2.05, 4.69) is 5.10 Å². The van der Waals surface area contributed by atoms with Gasteiger partial charge < -0.3 is 19.1 Å². The van der Waals surface area contributed by atoms with E-state index in [-0.39, 0.29) is 32.0 Å². The van der Waals surface area contributed by atoms with E-state index in [1.807, 2.05) is 18.2 Å². The van der Waals surface area contributed by atoms with E-state index >= 15 is 0 Å². The molecule has 0 spiro atoms. The second-order valence-electron chi connectivity index (χ2n) is 8.67. The summed E-state index contributed by atoms with van der Waals surface area (Å²) in [5, 5.41) is 5.89. The molecule has 3 aromatic rings. The molecule has 0 fully saturated rings. The number of hydrogen-bond donors (Lipinski definition) is 0. The minimum Gasteiger partial charge on any atom is -0.497 e. The molecule has 0 unspecified atom stereocenters. The van der Waals surface area contributed by atoms with Crippen LogP contribution in [0.3, 0.4) is 0 Å². The van der Waals surface area contributed by atoms with Crippen LogP contribution in [0.2, 0.25) is 0 Å². The Bertz CT molecular complexity index is 1310. The summed E-state index contributed by atoms with van der Waals surface area (Å²) in [5.74, 6) is 0.0453. The van der Waals surface area contributed by atoms with E-state index in [1.165, 1.54) is 23.1 Å². The molecular formula is C29H30FN3O5. The van der Waals surface area contributed by atoms with Gasteiger partial charge in [-0.1, -0.05) is 36.4 Å². The molecule has 9 heteroatoms. The van der Waals surface area contributed by atoms with Crippen molar-refractivity contribution in [2.45, 2.75) is 12.5 Å². The van der Waals surface area contributed by atoms with Gasteiger partial charge in [0.15, 0.2) is 0 Å². The minimum atomic E-state index is -0.534. The van der Waals surface area contributed by atoms with Crippen LogP contribution in [0.4, 0.5) is 4.39 Å². The summed E-state index contributed by atoms with van der Waals surface area (Å²) >= 11 is 0. The first-order valence-corrected chi connectivity index (χ1v) is 12.2. The number of halogens is 1. The number of hydrazone groups is 1. The number of nitrogens with zero attached hydrogens (tertiary/aromatic N) is 3. The highest BCUT2D eigenvalue weighted by atomic mass is 19.1. The molecule has 0 saturated heterocycles. The first-order chi connectivity index (χ1) is 18.5. The summed E-state index contributed by atoms with van der Waals surface area (Å²) in [7, 11) is 4.63. The van der Waals surface area contributed by atoms with E-state index in [9.17, 15) is 14.0 Å². The van der Waals surface area contributed by atoms with Gasteiger partial charge in [-0.3, -0.25) is 9.59 Å². The zero-order valence-electron chi connectivity index (χ0n) is 21.6. The Kier molecular flexibility index (Phi) is 8.70. The minimum absolute atomic E-state index is 0.199. The van der Waals surface area contributed by atoms with Crippen LogP contribution in [0.5, 0.6) is 11.5 Å². The number of carbonyl (C=O) groups excluding carboxylic acids is 2. The number of para-hydroxylation sites is 1. The largest absolute Gasteiger partial charge is 0.497 e. The van der Waals surface area contributed by atoms with Crippen LogP contribution >= 0.6 is 0 Å². The van der Waals surface area contributed by atoms with Gasteiger partial charge in [-0.05, 0) is 36.4 Å². The van der Waals surface area contributed by atoms with Crippen molar-refractivity contribution in [1.29, 1.82) is 0 Å². The summed E-state index contributed by atoms with van der Waals surface area (Å²) in [6.07, 6.45) is 0.289. The van der Waals surface area contributed by atoms with Crippen molar-refractivity contribution < 1.29 is 28.2 Å². The number of methoxy groups -OCH3 is 3. The van der Waals surface area contributed by atoms with Crippen molar-refractivity contribution in [3.63, 3.8) is 0 Å². The molecule has 3 aromatic carbocycles. The van der Waals surface area contributed by atoms with Gasteiger partial charge in [0, 0.05) is 36.8 Å². The Labute approximate surface area is 221 Å². The average molecular weight is 520 g/mol. The summed E-state index contributed by atoms with van der Waals surface area (Å²) in [5.41, 5.74) is 1.92. The fourth-order valence-corrected chi connectivity index (χ4v) is 4.39. The SMILES string of the molecule is COCCN(CC(=O)N1N=C(c2ccccc2F)C[C@H]1c1ccccc1OC)C(=O)c1ccc(OC)cc1. The third-order valence-corrected chi connectivity index (χ3v) is 6.36. The Balaban J connectivity index is 1.66. The van der Waals surface area contributed by atoms with E-state index in [0.717, 1.165) is 5.56 Å². The summed E-state index contributed by atoms with van der Waals surface area (Å²) in [4.78, 5) is 28.5. The van der Waals surface area contributed by atoms with Crippen LogP contribution in [0.1, 0.15) is 33.9 Å². The van der Waals surface area contributed by atoms with Gasteiger partial charge in [0.05, 0.1) is 32.6 Å². The Morgan fingerprint density at radius 3 is 2.37 bits per heavy atom. The third kappa shape index (κ3) is 5.84. The second-order valence-corrected chi connectivity index (χ2v) is 8.67. The van der Waals surface area contributed by atoms with Crippen molar-refractivity contribution in [1.82, 2.24) is 9.91 Å². The van der Waals surface area contributed by atoms with E-state index in [0.29, 0.717) is 28.3 Å². The molecular weight excluding hydrogens is 489 g/mol. The molecule has 8 nitrogen and oxygen atoms in total. The molecule has 0 radical (unpaired) electrons. The van der Waals surface area contributed by atoms with Crippen LogP contribution in [0, 0.1) is 5.82 Å². The molecule has 0 bridgehead atoms. The molecule has 1 heterocycles. The molecule has 2 amide bonds. The number of hydrogen-bond acceptors (Lipinski definition) is 6. The van der Waals surface area contributed by atoms with Crippen LogP contribution in [0.15, 0.2) is 77.9 Å². The van der Waals surface area contributed by atoms with Gasteiger partial charge in [-0.25, -0.2) is 9.40 Å². The van der Waals surface area contributed by atoms with Gasteiger partial charge in [0.25, 0.3) is 11.8 Å². The van der Waals surface area contributed by atoms with Crippen molar-refractivity contribution >= 4 is 17.5 Å². The Hall–Kier alpha value is -4.24. The van der Waals surface area contributed by atoms with Crippen molar-refractivity contribution in [3.05, 3.63) is 95.3 Å². The molecule has 4 rings (SSSR count). The highest BCUT2D eigenvalue weighted by Gasteiger charge is 2.36. The second kappa shape index (κ2) is 12.3. The molecule has 1 aliphatic heterocycles. The zero-order chi connectivity index (χ0) is 27.1. The fraction of sp³-hybridized carbons (Fsp3) is 0.276. The monoisotopic (exact) mass is 519 g/mol. The van der Waals surface area contributed by atoms with Crippen molar-refractivity contribution in [2.24, 2.45) is 5.10 Å². The fourth-order valence-electron chi connectivity index (χ4n) is 4.39.